The Balaban J connectivity index is 0. The summed E-state index contributed by atoms with van der Waals surface area (Å²) in [5.74, 6) is 0. The van der Waals surface area contributed by atoms with Gasteiger partial charge >= 0.3 is 51.4 Å². The topological polar surface area (TPSA) is 41.3 Å². The molecule has 0 amide bonds. The van der Waals surface area contributed by atoms with Crippen LogP contribution in [-0.2, 0) is 12.6 Å². The molecule has 0 aliphatic carbocycles. The predicted molar refractivity (Wildman–Crippen MR) is 54.5 cm³/mol. The molecule has 3 nitrogen and oxygen atoms in total. The first-order valence-corrected chi connectivity index (χ1v) is 4.30. The Labute approximate surface area is 128 Å². The van der Waals surface area contributed by atoms with Crippen molar-refractivity contribution in [2.24, 2.45) is 5.73 Å². The van der Waals surface area contributed by atoms with Crippen molar-refractivity contribution in [1.29, 1.82) is 0 Å². The zero-order valence-corrected chi connectivity index (χ0v) is 12.4. The monoisotopic (exact) mass is 231 g/mol. The van der Waals surface area contributed by atoms with Gasteiger partial charge in [0.25, 0.3) is 0 Å². The van der Waals surface area contributed by atoms with Crippen molar-refractivity contribution < 1.29 is 51.4 Å². The zero-order valence-electron chi connectivity index (χ0n) is 7.67. The standard InChI is InChI=1S/C5H12N2.CH3NS2.K/c1-7-4-2-6-3-5-7;2-1(3)4;/h6H,2-5H2,1H3;(H3,2,3,4);/q;;+1/p-1. The van der Waals surface area contributed by atoms with Crippen molar-refractivity contribution in [3.05, 3.63) is 0 Å². The van der Waals surface area contributed by atoms with Crippen molar-refractivity contribution in [2.45, 2.75) is 0 Å². The minimum absolute atomic E-state index is 0. The van der Waals surface area contributed by atoms with Crippen LogP contribution in [0, 0.1) is 0 Å². The second-order valence-electron chi connectivity index (χ2n) is 2.37. The molecule has 0 spiro atoms. The Bertz CT molecular complexity index is 113. The van der Waals surface area contributed by atoms with Gasteiger partial charge in [0, 0.05) is 26.2 Å². The first-order chi connectivity index (χ1) is 5.13. The number of nitrogens with zero attached hydrogens (tertiary/aromatic N) is 1. The van der Waals surface area contributed by atoms with E-state index in [1.165, 1.54) is 13.1 Å². The molecule has 0 aromatic heterocycles. The largest absolute Gasteiger partial charge is 1.00 e. The average Bonchev–Trinajstić information content (AvgIpc) is 1.87. The minimum Gasteiger partial charge on any atom is -0.415 e. The molecule has 0 unspecified atom stereocenters. The average molecular weight is 231 g/mol. The summed E-state index contributed by atoms with van der Waals surface area (Å²) < 4.78 is 0.0833. The summed E-state index contributed by atoms with van der Waals surface area (Å²) in [5, 5.41) is 3.27. The van der Waals surface area contributed by atoms with Gasteiger partial charge < -0.3 is 40.8 Å². The van der Waals surface area contributed by atoms with Crippen molar-refractivity contribution in [1.82, 2.24) is 10.2 Å². The van der Waals surface area contributed by atoms with E-state index >= 15 is 0 Å². The summed E-state index contributed by atoms with van der Waals surface area (Å²) >= 11 is 8.26. The molecule has 1 fully saturated rings. The van der Waals surface area contributed by atoms with Gasteiger partial charge in [-0.2, -0.15) is 0 Å². The number of thiocarbonyl (C=S) groups is 1. The smallest absolute Gasteiger partial charge is 0.415 e. The van der Waals surface area contributed by atoms with Gasteiger partial charge in [-0.1, -0.05) is 4.32 Å². The molecule has 1 aliphatic rings. The van der Waals surface area contributed by atoms with Crippen LogP contribution in [0.15, 0.2) is 0 Å². The van der Waals surface area contributed by atoms with E-state index in [0.717, 1.165) is 13.1 Å². The van der Waals surface area contributed by atoms with E-state index in [2.05, 4.69) is 47.8 Å². The minimum atomic E-state index is 0. The third kappa shape index (κ3) is 14.2. The van der Waals surface area contributed by atoms with Crippen molar-refractivity contribution in [2.75, 3.05) is 33.2 Å². The zero-order chi connectivity index (χ0) is 8.69. The molecule has 0 saturated carbocycles. The van der Waals surface area contributed by atoms with Gasteiger partial charge in [-0.3, -0.25) is 0 Å². The third-order valence-corrected chi connectivity index (χ3v) is 1.34. The molecule has 0 radical (unpaired) electrons. The number of rotatable bonds is 0. The molecule has 1 saturated heterocycles. The molecular weight excluding hydrogens is 217 g/mol. The fraction of sp³-hybridized carbons (Fsp3) is 0.833. The van der Waals surface area contributed by atoms with Crippen LogP contribution in [0.25, 0.3) is 0 Å². The van der Waals surface area contributed by atoms with Gasteiger partial charge in [-0.15, -0.1) is 0 Å². The molecule has 1 aliphatic heterocycles. The summed E-state index contributed by atoms with van der Waals surface area (Å²) in [6.07, 6.45) is 0. The number of nitrogens with two attached hydrogens (primary N) is 1. The van der Waals surface area contributed by atoms with Crippen LogP contribution < -0.4 is 62.4 Å². The summed E-state index contributed by atoms with van der Waals surface area (Å²) in [6.45, 7) is 4.74. The maximum atomic E-state index is 4.66. The Kier molecular flexibility index (Phi) is 14.4. The van der Waals surface area contributed by atoms with E-state index in [9.17, 15) is 0 Å². The number of hydrogen-bond acceptors (Lipinski definition) is 4. The van der Waals surface area contributed by atoms with Gasteiger partial charge in [0.15, 0.2) is 0 Å². The van der Waals surface area contributed by atoms with Gasteiger partial charge in [-0.25, -0.2) is 0 Å². The first kappa shape index (κ1) is 16.1. The second kappa shape index (κ2) is 10.7. The van der Waals surface area contributed by atoms with Crippen LogP contribution in [-0.4, -0.2) is 42.4 Å². The summed E-state index contributed by atoms with van der Waals surface area (Å²) in [5.41, 5.74) is 4.66. The van der Waals surface area contributed by atoms with Crippen molar-refractivity contribution >= 4 is 29.2 Å². The fourth-order valence-electron chi connectivity index (χ4n) is 0.777. The number of likely N-dealkylation sites (N-methyl/N-ethyl adjacent to an activating group) is 1. The second-order valence-corrected chi connectivity index (χ2v) is 3.51. The van der Waals surface area contributed by atoms with Crippen LogP contribution in [0.2, 0.25) is 0 Å². The molecule has 1 heterocycles. The summed E-state index contributed by atoms with van der Waals surface area (Å²) in [4.78, 5) is 2.33. The SMILES string of the molecule is CN1CCNCC1.NC(=S)[S-].[K+]. The molecule has 0 atom stereocenters. The van der Waals surface area contributed by atoms with Gasteiger partial charge in [-0.05, 0) is 7.05 Å². The summed E-state index contributed by atoms with van der Waals surface area (Å²) in [6, 6.07) is 0. The van der Waals surface area contributed by atoms with E-state index < -0.39 is 0 Å². The van der Waals surface area contributed by atoms with Crippen molar-refractivity contribution in [3.63, 3.8) is 0 Å². The molecule has 0 bridgehead atoms. The molecule has 1 rings (SSSR count). The van der Waals surface area contributed by atoms with Crippen LogP contribution in [0.1, 0.15) is 0 Å². The summed E-state index contributed by atoms with van der Waals surface area (Å²) in [7, 11) is 2.15. The number of piperazine rings is 1. The predicted octanol–water partition coefficient (Wildman–Crippen LogP) is -3.70. The molecular formula is C6H14KN3S2. The number of nitrogens with one attached hydrogen (secondary N) is 1. The molecule has 66 valence electrons. The molecule has 3 N–H and O–H groups in total. The van der Waals surface area contributed by atoms with Crippen molar-refractivity contribution in [3.8, 4) is 0 Å². The molecule has 0 aromatic carbocycles. The van der Waals surface area contributed by atoms with Gasteiger partial charge in [0.2, 0.25) is 0 Å². The first-order valence-electron chi connectivity index (χ1n) is 3.48. The maximum Gasteiger partial charge on any atom is 1.00 e. The van der Waals surface area contributed by atoms with E-state index in [-0.39, 0.29) is 55.7 Å². The molecule has 6 heteroatoms. The van der Waals surface area contributed by atoms with E-state index in [1.807, 2.05) is 0 Å². The third-order valence-electron chi connectivity index (χ3n) is 1.34. The van der Waals surface area contributed by atoms with Gasteiger partial charge in [0.1, 0.15) is 0 Å². The molecule has 0 aromatic rings. The van der Waals surface area contributed by atoms with Crippen LogP contribution in [0.4, 0.5) is 0 Å². The van der Waals surface area contributed by atoms with E-state index in [4.69, 9.17) is 0 Å². The van der Waals surface area contributed by atoms with E-state index in [0.29, 0.717) is 0 Å². The molecule has 12 heavy (non-hydrogen) atoms. The quantitative estimate of drug-likeness (QED) is 0.255. The van der Waals surface area contributed by atoms with Crippen LogP contribution >= 0.6 is 12.2 Å². The Morgan fingerprint density at radius 3 is 2.00 bits per heavy atom. The Morgan fingerprint density at radius 1 is 1.50 bits per heavy atom. The number of hydrogen-bond donors (Lipinski definition) is 2. The van der Waals surface area contributed by atoms with Crippen LogP contribution in [0.5, 0.6) is 0 Å². The maximum absolute atomic E-state index is 4.66. The normalized spacial score (nSPS) is 16.8. The van der Waals surface area contributed by atoms with Gasteiger partial charge in [0.05, 0.1) is 0 Å². The van der Waals surface area contributed by atoms with Crippen LogP contribution in [0.3, 0.4) is 0 Å². The Morgan fingerprint density at radius 2 is 1.83 bits per heavy atom. The Hall–Kier alpha value is 1.67. The van der Waals surface area contributed by atoms with E-state index in [1.54, 1.807) is 0 Å². The fourth-order valence-corrected chi connectivity index (χ4v) is 0.777.